The second-order valence-electron chi connectivity index (χ2n) is 9.05. The summed E-state index contributed by atoms with van der Waals surface area (Å²) < 4.78 is 22.0. The third kappa shape index (κ3) is 5.04. The largest absolute Gasteiger partial charge is 0.490 e. The van der Waals surface area contributed by atoms with Crippen LogP contribution in [0.3, 0.4) is 0 Å². The monoisotopic (exact) mass is 475 g/mol. The minimum absolute atomic E-state index is 0.0624. The first-order valence-electron chi connectivity index (χ1n) is 12.1. The third-order valence-corrected chi connectivity index (χ3v) is 6.65. The molecule has 0 fully saturated rings. The fraction of sp³-hybridized carbons (Fsp3) is 0.407. The zero-order valence-electron chi connectivity index (χ0n) is 20.7. The van der Waals surface area contributed by atoms with Gasteiger partial charge in [-0.2, -0.15) is 5.10 Å². The van der Waals surface area contributed by atoms with Crippen LogP contribution in [-0.2, 0) is 31.4 Å². The molecule has 1 aliphatic heterocycles. The topological polar surface area (TPSA) is 66.6 Å². The first-order chi connectivity index (χ1) is 17.1. The van der Waals surface area contributed by atoms with Gasteiger partial charge in [0, 0.05) is 57.8 Å². The molecule has 0 saturated carbocycles. The molecule has 4 heterocycles. The van der Waals surface area contributed by atoms with Crippen molar-refractivity contribution in [2.24, 2.45) is 7.05 Å². The van der Waals surface area contributed by atoms with Gasteiger partial charge in [-0.3, -0.25) is 9.88 Å². The van der Waals surface area contributed by atoms with Crippen LogP contribution in [0, 0.1) is 6.92 Å². The summed E-state index contributed by atoms with van der Waals surface area (Å²) in [5.74, 6) is 1.61. The Balaban J connectivity index is 1.45. The van der Waals surface area contributed by atoms with Gasteiger partial charge in [0.2, 0.25) is 5.88 Å². The summed E-state index contributed by atoms with van der Waals surface area (Å²) in [5.41, 5.74) is 4.67. The minimum atomic E-state index is 0.0624. The van der Waals surface area contributed by atoms with E-state index < -0.39 is 0 Å². The molecule has 0 bridgehead atoms. The quantitative estimate of drug-likeness (QED) is 0.342. The highest BCUT2D eigenvalue weighted by molar-refractivity contribution is 5.81. The summed E-state index contributed by atoms with van der Waals surface area (Å²) in [4.78, 5) is 6.63. The van der Waals surface area contributed by atoms with E-state index in [-0.39, 0.29) is 6.04 Å². The Kier molecular flexibility index (Phi) is 7.01. The summed E-state index contributed by atoms with van der Waals surface area (Å²) in [6.07, 6.45) is 4.46. The standard InChI is InChI=1S/C27H33N5O3/c1-20-25-17-31(16-22-14-21-8-4-5-10-26(21)32(22)12-7-13-33-3)23(19-35-27(25)30(2)29-20)18-34-24-9-6-11-28-15-24/h4-6,8-11,14-15,23H,7,12-13,16-19H2,1-3H3. The highest BCUT2D eigenvalue weighted by Crippen LogP contribution is 2.30. The maximum Gasteiger partial charge on any atom is 0.216 e. The van der Waals surface area contributed by atoms with Crippen molar-refractivity contribution in [1.29, 1.82) is 0 Å². The van der Waals surface area contributed by atoms with E-state index in [2.05, 4.69) is 56.8 Å². The van der Waals surface area contributed by atoms with E-state index in [0.717, 1.165) is 55.5 Å². The lowest BCUT2D eigenvalue weighted by Gasteiger charge is -2.29. The number of aryl methyl sites for hydroxylation is 3. The van der Waals surface area contributed by atoms with Crippen LogP contribution in [0.15, 0.2) is 54.9 Å². The van der Waals surface area contributed by atoms with Gasteiger partial charge in [0.05, 0.1) is 23.5 Å². The van der Waals surface area contributed by atoms with E-state index in [0.29, 0.717) is 13.2 Å². The van der Waals surface area contributed by atoms with E-state index >= 15 is 0 Å². The van der Waals surface area contributed by atoms with E-state index in [9.17, 15) is 0 Å². The van der Waals surface area contributed by atoms with E-state index in [4.69, 9.17) is 14.2 Å². The second-order valence-corrected chi connectivity index (χ2v) is 9.05. The smallest absolute Gasteiger partial charge is 0.216 e. The molecule has 1 aliphatic rings. The van der Waals surface area contributed by atoms with Gasteiger partial charge in [-0.05, 0) is 43.0 Å². The molecule has 35 heavy (non-hydrogen) atoms. The maximum atomic E-state index is 6.28. The van der Waals surface area contributed by atoms with E-state index in [1.807, 2.05) is 23.9 Å². The predicted molar refractivity (Wildman–Crippen MR) is 135 cm³/mol. The fourth-order valence-electron chi connectivity index (χ4n) is 4.86. The molecule has 5 rings (SSSR count). The molecule has 0 aliphatic carbocycles. The number of aromatic nitrogens is 4. The van der Waals surface area contributed by atoms with Crippen molar-refractivity contribution in [3.05, 3.63) is 71.8 Å². The molecule has 1 unspecified atom stereocenters. The fourth-order valence-corrected chi connectivity index (χ4v) is 4.86. The zero-order chi connectivity index (χ0) is 24.2. The summed E-state index contributed by atoms with van der Waals surface area (Å²) in [7, 11) is 3.70. The molecule has 3 aromatic heterocycles. The summed E-state index contributed by atoms with van der Waals surface area (Å²) >= 11 is 0. The second kappa shape index (κ2) is 10.5. The first-order valence-corrected chi connectivity index (χ1v) is 12.1. The number of para-hydroxylation sites is 1. The van der Waals surface area contributed by atoms with Gasteiger partial charge in [0.1, 0.15) is 19.0 Å². The van der Waals surface area contributed by atoms with Crippen molar-refractivity contribution in [1.82, 2.24) is 24.2 Å². The number of methoxy groups -OCH3 is 1. The maximum absolute atomic E-state index is 6.28. The van der Waals surface area contributed by atoms with Gasteiger partial charge in [-0.25, -0.2) is 4.68 Å². The zero-order valence-corrected chi connectivity index (χ0v) is 20.7. The van der Waals surface area contributed by atoms with Crippen LogP contribution in [-0.4, -0.2) is 57.2 Å². The Morgan fingerprint density at radius 1 is 1.17 bits per heavy atom. The van der Waals surface area contributed by atoms with Crippen LogP contribution < -0.4 is 9.47 Å². The number of hydrogen-bond donors (Lipinski definition) is 0. The molecule has 1 atom stereocenters. The number of rotatable bonds is 9. The SMILES string of the molecule is COCCCn1c(CN2Cc3c(C)nn(C)c3OCC2COc2cccnc2)cc2ccccc21. The average molecular weight is 476 g/mol. The van der Waals surface area contributed by atoms with Crippen LogP contribution in [0.25, 0.3) is 10.9 Å². The van der Waals surface area contributed by atoms with Crippen LogP contribution in [0.1, 0.15) is 23.4 Å². The molecule has 8 nitrogen and oxygen atoms in total. The van der Waals surface area contributed by atoms with Crippen LogP contribution in [0.2, 0.25) is 0 Å². The van der Waals surface area contributed by atoms with Gasteiger partial charge in [-0.1, -0.05) is 18.2 Å². The minimum Gasteiger partial charge on any atom is -0.490 e. The summed E-state index contributed by atoms with van der Waals surface area (Å²) in [6.45, 7) is 6.26. The predicted octanol–water partition coefficient (Wildman–Crippen LogP) is 3.96. The van der Waals surface area contributed by atoms with Crippen molar-refractivity contribution >= 4 is 10.9 Å². The lowest BCUT2D eigenvalue weighted by molar-refractivity contribution is 0.0876. The highest BCUT2D eigenvalue weighted by atomic mass is 16.5. The van der Waals surface area contributed by atoms with Crippen molar-refractivity contribution in [2.45, 2.75) is 39.0 Å². The van der Waals surface area contributed by atoms with Crippen molar-refractivity contribution < 1.29 is 14.2 Å². The molecule has 0 radical (unpaired) electrons. The number of benzene rings is 1. The lowest BCUT2D eigenvalue weighted by atomic mass is 10.2. The van der Waals surface area contributed by atoms with E-state index in [1.54, 1.807) is 19.5 Å². The van der Waals surface area contributed by atoms with Gasteiger partial charge >= 0.3 is 0 Å². The average Bonchev–Trinajstić information content (AvgIpc) is 3.27. The number of hydrogen-bond acceptors (Lipinski definition) is 6. The van der Waals surface area contributed by atoms with Crippen LogP contribution in [0.4, 0.5) is 0 Å². The molecule has 184 valence electrons. The summed E-state index contributed by atoms with van der Waals surface area (Å²) in [6, 6.07) is 14.8. The lowest BCUT2D eigenvalue weighted by Crippen LogP contribution is -2.42. The molecule has 0 spiro atoms. The van der Waals surface area contributed by atoms with Crippen LogP contribution in [0.5, 0.6) is 11.6 Å². The Labute approximate surface area is 206 Å². The number of pyridine rings is 1. The number of ether oxygens (including phenoxy) is 3. The molecule has 0 saturated heterocycles. The Hall–Kier alpha value is -3.36. The summed E-state index contributed by atoms with van der Waals surface area (Å²) in [5, 5.41) is 5.86. The Morgan fingerprint density at radius 2 is 2.06 bits per heavy atom. The molecule has 8 heteroatoms. The molecular weight excluding hydrogens is 442 g/mol. The first kappa shape index (κ1) is 23.4. The molecule has 1 aromatic carbocycles. The van der Waals surface area contributed by atoms with Crippen molar-refractivity contribution in [3.63, 3.8) is 0 Å². The Morgan fingerprint density at radius 3 is 2.89 bits per heavy atom. The van der Waals surface area contributed by atoms with Gasteiger partial charge < -0.3 is 18.8 Å². The van der Waals surface area contributed by atoms with Gasteiger partial charge in [0.15, 0.2) is 0 Å². The van der Waals surface area contributed by atoms with Crippen molar-refractivity contribution in [2.75, 3.05) is 26.9 Å². The van der Waals surface area contributed by atoms with Gasteiger partial charge in [-0.15, -0.1) is 0 Å². The normalized spacial score (nSPS) is 16.1. The number of fused-ring (bicyclic) bond motifs is 2. The molecule has 0 N–H and O–H groups in total. The third-order valence-electron chi connectivity index (χ3n) is 6.65. The molecule has 0 amide bonds. The van der Waals surface area contributed by atoms with Gasteiger partial charge in [0.25, 0.3) is 0 Å². The van der Waals surface area contributed by atoms with Crippen LogP contribution >= 0.6 is 0 Å². The van der Waals surface area contributed by atoms with Crippen molar-refractivity contribution in [3.8, 4) is 11.6 Å². The highest BCUT2D eigenvalue weighted by Gasteiger charge is 2.30. The van der Waals surface area contributed by atoms with E-state index in [1.165, 1.54) is 16.6 Å². The molecule has 4 aromatic rings. The number of nitrogens with zero attached hydrogens (tertiary/aromatic N) is 5. The molecular formula is C27H33N5O3. The Bertz CT molecular complexity index is 1270.